The third-order valence-corrected chi connectivity index (χ3v) is 4.65. The van der Waals surface area contributed by atoms with Gasteiger partial charge in [-0.2, -0.15) is 4.68 Å². The number of carbonyl (C=O) groups is 2. The molecule has 162 valence electrons. The fraction of sp³-hybridized carbons (Fsp3) is 0.286. The number of aryl methyl sites for hydroxylation is 1. The lowest BCUT2D eigenvalue weighted by molar-refractivity contribution is -0.118. The van der Waals surface area contributed by atoms with E-state index in [0.717, 1.165) is 0 Å². The van der Waals surface area contributed by atoms with Crippen LogP contribution in [0, 0.1) is 18.7 Å². The number of ether oxygens (including phenoxy) is 1. The summed E-state index contributed by atoms with van der Waals surface area (Å²) in [6.07, 6.45) is 0. The van der Waals surface area contributed by atoms with E-state index in [0.29, 0.717) is 22.8 Å². The molecule has 0 saturated heterocycles. The minimum absolute atomic E-state index is 0.0967. The maximum atomic E-state index is 14.3. The van der Waals surface area contributed by atoms with Crippen molar-refractivity contribution in [3.8, 4) is 11.4 Å². The average molecular weight is 426 g/mol. The van der Waals surface area contributed by atoms with E-state index in [1.165, 1.54) is 30.0 Å². The third-order valence-electron chi connectivity index (χ3n) is 4.65. The van der Waals surface area contributed by atoms with Crippen molar-refractivity contribution in [2.24, 2.45) is 5.92 Å². The summed E-state index contributed by atoms with van der Waals surface area (Å²) >= 11 is 0. The molecule has 31 heavy (non-hydrogen) atoms. The molecule has 1 unspecified atom stereocenters. The number of anilines is 1. The Labute approximate surface area is 178 Å². The zero-order chi connectivity index (χ0) is 22.5. The van der Waals surface area contributed by atoms with E-state index in [2.05, 4.69) is 26.2 Å². The standard InChI is InChI=1S/C21H23FN6O3/c1-12(2)19(24-20(29)15-7-5-6-8-18(15)31-4)21(30)23-14-9-10-16(22)17(11-14)28-13(3)25-26-27-28/h5-12,19H,1-4H3,(H,23,30)(H,24,29). The number of aromatic nitrogens is 4. The Kier molecular flexibility index (Phi) is 6.58. The summed E-state index contributed by atoms with van der Waals surface area (Å²) in [5, 5.41) is 16.5. The van der Waals surface area contributed by atoms with Gasteiger partial charge in [0.25, 0.3) is 5.91 Å². The summed E-state index contributed by atoms with van der Waals surface area (Å²) < 4.78 is 20.7. The van der Waals surface area contributed by atoms with Crippen molar-refractivity contribution in [2.45, 2.75) is 26.8 Å². The summed E-state index contributed by atoms with van der Waals surface area (Å²) in [4.78, 5) is 25.7. The Balaban J connectivity index is 1.80. The van der Waals surface area contributed by atoms with Crippen LogP contribution in [0.3, 0.4) is 0 Å². The molecule has 0 fully saturated rings. The van der Waals surface area contributed by atoms with Gasteiger partial charge >= 0.3 is 0 Å². The van der Waals surface area contributed by atoms with Crippen LogP contribution in [0.5, 0.6) is 5.75 Å². The lowest BCUT2D eigenvalue weighted by Crippen LogP contribution is -2.47. The van der Waals surface area contributed by atoms with Crippen molar-refractivity contribution in [3.63, 3.8) is 0 Å². The summed E-state index contributed by atoms with van der Waals surface area (Å²) in [5.41, 5.74) is 0.759. The van der Waals surface area contributed by atoms with Crippen LogP contribution in [-0.4, -0.2) is 45.2 Å². The quantitative estimate of drug-likeness (QED) is 0.601. The third kappa shape index (κ3) is 4.85. The zero-order valence-corrected chi connectivity index (χ0v) is 17.6. The second-order valence-corrected chi connectivity index (χ2v) is 7.19. The largest absolute Gasteiger partial charge is 0.496 e. The predicted octanol–water partition coefficient (Wildman–Crippen LogP) is 2.51. The Morgan fingerprint density at radius 3 is 2.55 bits per heavy atom. The van der Waals surface area contributed by atoms with E-state index in [1.54, 1.807) is 31.2 Å². The van der Waals surface area contributed by atoms with Gasteiger partial charge in [0.2, 0.25) is 5.91 Å². The lowest BCUT2D eigenvalue weighted by atomic mass is 10.0. The normalized spacial score (nSPS) is 11.8. The second kappa shape index (κ2) is 9.33. The molecule has 10 heteroatoms. The Hall–Kier alpha value is -3.82. The van der Waals surface area contributed by atoms with E-state index in [1.807, 2.05) is 13.8 Å². The van der Waals surface area contributed by atoms with Crippen molar-refractivity contribution >= 4 is 17.5 Å². The number of hydrogen-bond acceptors (Lipinski definition) is 6. The van der Waals surface area contributed by atoms with Gasteiger partial charge in [-0.05, 0) is 53.6 Å². The molecule has 0 saturated carbocycles. The van der Waals surface area contributed by atoms with Crippen LogP contribution < -0.4 is 15.4 Å². The molecular formula is C21H23FN6O3. The van der Waals surface area contributed by atoms with Gasteiger partial charge in [0.1, 0.15) is 23.3 Å². The number of benzene rings is 2. The van der Waals surface area contributed by atoms with Gasteiger partial charge in [0.05, 0.1) is 12.7 Å². The molecule has 3 rings (SSSR count). The number of hydrogen-bond donors (Lipinski definition) is 2. The van der Waals surface area contributed by atoms with Gasteiger partial charge < -0.3 is 15.4 Å². The SMILES string of the molecule is COc1ccccc1C(=O)NC(C(=O)Nc1ccc(F)c(-n2nnnc2C)c1)C(C)C. The van der Waals surface area contributed by atoms with Gasteiger partial charge in [-0.25, -0.2) is 4.39 Å². The highest BCUT2D eigenvalue weighted by atomic mass is 19.1. The van der Waals surface area contributed by atoms with E-state index >= 15 is 0 Å². The number of amides is 2. The first-order chi connectivity index (χ1) is 14.8. The number of para-hydroxylation sites is 1. The molecule has 2 amide bonds. The van der Waals surface area contributed by atoms with Crippen LogP contribution in [0.15, 0.2) is 42.5 Å². The van der Waals surface area contributed by atoms with Crippen molar-refractivity contribution in [1.82, 2.24) is 25.5 Å². The molecule has 0 bridgehead atoms. The summed E-state index contributed by atoms with van der Waals surface area (Å²) in [7, 11) is 1.47. The molecule has 3 aromatic rings. The molecule has 2 N–H and O–H groups in total. The number of nitrogens with one attached hydrogen (secondary N) is 2. The monoisotopic (exact) mass is 426 g/mol. The summed E-state index contributed by atoms with van der Waals surface area (Å²) in [6, 6.07) is 9.98. The fourth-order valence-electron chi connectivity index (χ4n) is 3.01. The molecule has 2 aromatic carbocycles. The highest BCUT2D eigenvalue weighted by Crippen LogP contribution is 2.21. The molecule has 9 nitrogen and oxygen atoms in total. The van der Waals surface area contributed by atoms with Crippen molar-refractivity contribution in [3.05, 3.63) is 59.7 Å². The van der Waals surface area contributed by atoms with Gasteiger partial charge in [0, 0.05) is 5.69 Å². The molecule has 0 radical (unpaired) electrons. The van der Waals surface area contributed by atoms with Crippen molar-refractivity contribution in [1.29, 1.82) is 0 Å². The molecule has 1 heterocycles. The molecule has 0 aliphatic rings. The number of methoxy groups -OCH3 is 1. The van der Waals surface area contributed by atoms with Crippen LogP contribution in [0.2, 0.25) is 0 Å². The van der Waals surface area contributed by atoms with Gasteiger partial charge in [-0.3, -0.25) is 9.59 Å². The Morgan fingerprint density at radius 2 is 1.90 bits per heavy atom. The van der Waals surface area contributed by atoms with Crippen LogP contribution in [-0.2, 0) is 4.79 Å². The fourth-order valence-corrected chi connectivity index (χ4v) is 3.01. The minimum Gasteiger partial charge on any atom is -0.496 e. The molecular weight excluding hydrogens is 403 g/mol. The Morgan fingerprint density at radius 1 is 1.16 bits per heavy atom. The van der Waals surface area contributed by atoms with E-state index in [4.69, 9.17) is 4.74 Å². The molecule has 0 aliphatic carbocycles. The van der Waals surface area contributed by atoms with E-state index < -0.39 is 23.7 Å². The van der Waals surface area contributed by atoms with Crippen LogP contribution in [0.25, 0.3) is 5.69 Å². The summed E-state index contributed by atoms with van der Waals surface area (Å²) in [5.74, 6) is -0.826. The smallest absolute Gasteiger partial charge is 0.255 e. The van der Waals surface area contributed by atoms with Crippen LogP contribution in [0.4, 0.5) is 10.1 Å². The molecule has 1 atom stereocenters. The molecule has 0 aliphatic heterocycles. The number of tetrazole rings is 1. The van der Waals surface area contributed by atoms with E-state index in [-0.39, 0.29) is 11.6 Å². The van der Waals surface area contributed by atoms with Gasteiger partial charge in [-0.15, -0.1) is 5.10 Å². The molecule has 1 aromatic heterocycles. The van der Waals surface area contributed by atoms with Crippen molar-refractivity contribution < 1.29 is 18.7 Å². The van der Waals surface area contributed by atoms with E-state index in [9.17, 15) is 14.0 Å². The number of nitrogens with zero attached hydrogens (tertiary/aromatic N) is 4. The Bertz CT molecular complexity index is 1100. The van der Waals surface area contributed by atoms with Crippen LogP contribution in [0.1, 0.15) is 30.0 Å². The van der Waals surface area contributed by atoms with Crippen LogP contribution >= 0.6 is 0 Å². The average Bonchev–Trinajstić information content (AvgIpc) is 3.18. The maximum Gasteiger partial charge on any atom is 0.255 e. The number of rotatable bonds is 7. The highest BCUT2D eigenvalue weighted by Gasteiger charge is 2.26. The van der Waals surface area contributed by atoms with Gasteiger partial charge in [-0.1, -0.05) is 26.0 Å². The van der Waals surface area contributed by atoms with Gasteiger partial charge in [0.15, 0.2) is 5.82 Å². The highest BCUT2D eigenvalue weighted by molar-refractivity contribution is 6.02. The number of halogens is 1. The first-order valence-corrected chi connectivity index (χ1v) is 9.61. The lowest BCUT2D eigenvalue weighted by Gasteiger charge is -2.22. The second-order valence-electron chi connectivity index (χ2n) is 7.19. The maximum absolute atomic E-state index is 14.3. The first kappa shape index (κ1) is 21.9. The van der Waals surface area contributed by atoms with Crippen molar-refractivity contribution in [2.75, 3.05) is 12.4 Å². The zero-order valence-electron chi connectivity index (χ0n) is 17.6. The topological polar surface area (TPSA) is 111 Å². The molecule has 0 spiro atoms. The minimum atomic E-state index is -0.833. The number of carbonyl (C=O) groups excluding carboxylic acids is 2. The summed E-state index contributed by atoms with van der Waals surface area (Å²) in [6.45, 7) is 5.26. The predicted molar refractivity (Wildman–Crippen MR) is 112 cm³/mol. The first-order valence-electron chi connectivity index (χ1n) is 9.61.